The first-order valence-corrected chi connectivity index (χ1v) is 7.66. The highest BCUT2D eigenvalue weighted by molar-refractivity contribution is 5.69. The molecular weight excluding hydrogens is 284 g/mol. The fourth-order valence-corrected chi connectivity index (χ4v) is 2.83. The Morgan fingerprint density at radius 3 is 1.74 bits per heavy atom. The van der Waals surface area contributed by atoms with Crippen molar-refractivity contribution in [2.75, 3.05) is 0 Å². The third-order valence-corrected chi connectivity index (χ3v) is 4.00. The van der Waals surface area contributed by atoms with Crippen LogP contribution in [0.5, 0.6) is 0 Å². The second-order valence-corrected chi connectivity index (χ2v) is 5.55. The van der Waals surface area contributed by atoms with Crippen LogP contribution in [0.15, 0.2) is 84.9 Å². The summed E-state index contributed by atoms with van der Waals surface area (Å²) in [6, 6.07) is 28.2. The Balaban J connectivity index is 1.93. The van der Waals surface area contributed by atoms with Crippen molar-refractivity contribution in [3.8, 4) is 11.1 Å². The lowest BCUT2D eigenvalue weighted by molar-refractivity contribution is -0.137. The molecular formula is C21H18O2. The molecule has 0 aromatic heterocycles. The molecule has 0 radical (unpaired) electrons. The molecule has 2 nitrogen and oxygen atoms in total. The van der Waals surface area contributed by atoms with Crippen molar-refractivity contribution in [2.45, 2.75) is 12.3 Å². The third-order valence-electron chi connectivity index (χ3n) is 4.00. The van der Waals surface area contributed by atoms with Gasteiger partial charge in [-0.15, -0.1) is 0 Å². The number of hydrogen-bond acceptors (Lipinski definition) is 1. The summed E-state index contributed by atoms with van der Waals surface area (Å²) < 4.78 is 0. The maximum absolute atomic E-state index is 11.2. The molecule has 0 amide bonds. The predicted octanol–water partition coefficient (Wildman–Crippen LogP) is 4.96. The van der Waals surface area contributed by atoms with Gasteiger partial charge in [-0.2, -0.15) is 0 Å². The molecule has 0 aliphatic heterocycles. The number of rotatable bonds is 5. The van der Waals surface area contributed by atoms with E-state index in [4.69, 9.17) is 0 Å². The van der Waals surface area contributed by atoms with Gasteiger partial charge < -0.3 is 5.11 Å². The fraction of sp³-hybridized carbons (Fsp3) is 0.0952. The van der Waals surface area contributed by atoms with Crippen LogP contribution < -0.4 is 0 Å². The smallest absolute Gasteiger partial charge is 0.304 e. The molecule has 2 heteroatoms. The normalized spacial score (nSPS) is 11.8. The van der Waals surface area contributed by atoms with Gasteiger partial charge in [0.2, 0.25) is 0 Å². The SMILES string of the molecule is O=C(O)CC(c1ccccc1)c1ccc(-c2ccccc2)cc1. The minimum absolute atomic E-state index is 0.0920. The molecule has 3 aromatic rings. The zero-order chi connectivity index (χ0) is 16.1. The van der Waals surface area contributed by atoms with Crippen molar-refractivity contribution in [1.82, 2.24) is 0 Å². The Morgan fingerprint density at radius 2 is 1.17 bits per heavy atom. The van der Waals surface area contributed by atoms with Crippen LogP contribution in [0, 0.1) is 0 Å². The molecule has 0 saturated heterocycles. The van der Waals surface area contributed by atoms with Gasteiger partial charge in [-0.3, -0.25) is 4.79 Å². The van der Waals surface area contributed by atoms with Gasteiger partial charge in [0.1, 0.15) is 0 Å². The van der Waals surface area contributed by atoms with Gasteiger partial charge in [0.05, 0.1) is 6.42 Å². The van der Waals surface area contributed by atoms with Crippen LogP contribution in [-0.4, -0.2) is 11.1 Å². The number of aliphatic carboxylic acids is 1. The largest absolute Gasteiger partial charge is 0.481 e. The summed E-state index contributed by atoms with van der Waals surface area (Å²) >= 11 is 0. The van der Waals surface area contributed by atoms with Gasteiger partial charge in [0, 0.05) is 5.92 Å². The highest BCUT2D eigenvalue weighted by Crippen LogP contribution is 2.30. The molecule has 0 aliphatic rings. The minimum atomic E-state index is -0.786. The average Bonchev–Trinajstić information content (AvgIpc) is 2.61. The van der Waals surface area contributed by atoms with E-state index in [1.807, 2.05) is 60.7 Å². The Bertz CT molecular complexity index is 762. The Kier molecular flexibility index (Phi) is 4.53. The van der Waals surface area contributed by atoms with Crippen LogP contribution in [0.2, 0.25) is 0 Å². The number of carboxylic acid groups (broad SMARTS) is 1. The molecule has 3 aromatic carbocycles. The molecule has 0 fully saturated rings. The van der Waals surface area contributed by atoms with Gasteiger partial charge >= 0.3 is 5.97 Å². The summed E-state index contributed by atoms with van der Waals surface area (Å²) in [4.78, 5) is 11.2. The molecule has 1 N–H and O–H groups in total. The van der Waals surface area contributed by atoms with E-state index in [-0.39, 0.29) is 12.3 Å². The fourth-order valence-electron chi connectivity index (χ4n) is 2.83. The van der Waals surface area contributed by atoms with Crippen molar-refractivity contribution >= 4 is 5.97 Å². The van der Waals surface area contributed by atoms with Crippen LogP contribution in [0.4, 0.5) is 0 Å². The van der Waals surface area contributed by atoms with Gasteiger partial charge in [0.25, 0.3) is 0 Å². The van der Waals surface area contributed by atoms with Crippen molar-refractivity contribution in [3.63, 3.8) is 0 Å². The maximum Gasteiger partial charge on any atom is 0.304 e. The lowest BCUT2D eigenvalue weighted by atomic mass is 9.88. The molecule has 114 valence electrons. The van der Waals surface area contributed by atoms with Gasteiger partial charge in [-0.05, 0) is 22.3 Å². The average molecular weight is 302 g/mol. The van der Waals surface area contributed by atoms with Crippen molar-refractivity contribution in [3.05, 3.63) is 96.1 Å². The first kappa shape index (κ1) is 15.0. The standard InChI is InChI=1S/C21H18O2/c22-21(23)15-20(18-9-5-2-6-10-18)19-13-11-17(12-14-19)16-7-3-1-4-8-16/h1-14,20H,15H2,(H,22,23). The monoisotopic (exact) mass is 302 g/mol. The van der Waals surface area contributed by atoms with E-state index in [1.165, 1.54) is 0 Å². The van der Waals surface area contributed by atoms with E-state index < -0.39 is 5.97 Å². The summed E-state index contributed by atoms with van der Waals surface area (Å²) in [5.41, 5.74) is 4.35. The quantitative estimate of drug-likeness (QED) is 0.723. The second kappa shape index (κ2) is 6.93. The number of carboxylic acids is 1. The van der Waals surface area contributed by atoms with E-state index in [2.05, 4.69) is 24.3 Å². The molecule has 23 heavy (non-hydrogen) atoms. The van der Waals surface area contributed by atoms with E-state index in [0.717, 1.165) is 22.3 Å². The van der Waals surface area contributed by atoms with Crippen molar-refractivity contribution in [1.29, 1.82) is 0 Å². The number of benzene rings is 3. The van der Waals surface area contributed by atoms with Crippen LogP contribution in [-0.2, 0) is 4.79 Å². The Hall–Kier alpha value is -2.87. The van der Waals surface area contributed by atoms with Crippen molar-refractivity contribution in [2.24, 2.45) is 0 Å². The topological polar surface area (TPSA) is 37.3 Å². The van der Waals surface area contributed by atoms with Crippen LogP contribution in [0.3, 0.4) is 0 Å². The molecule has 1 unspecified atom stereocenters. The summed E-state index contributed by atoms with van der Waals surface area (Å²) in [5.74, 6) is -0.912. The Morgan fingerprint density at radius 1 is 0.696 bits per heavy atom. The number of carbonyl (C=O) groups is 1. The number of hydrogen-bond donors (Lipinski definition) is 1. The summed E-state index contributed by atoms with van der Waals surface area (Å²) in [6.45, 7) is 0. The molecule has 0 bridgehead atoms. The molecule has 3 rings (SSSR count). The van der Waals surface area contributed by atoms with E-state index in [1.54, 1.807) is 0 Å². The first-order valence-electron chi connectivity index (χ1n) is 7.66. The highest BCUT2D eigenvalue weighted by Gasteiger charge is 2.17. The van der Waals surface area contributed by atoms with E-state index in [0.29, 0.717) is 0 Å². The van der Waals surface area contributed by atoms with Gasteiger partial charge in [0.15, 0.2) is 0 Å². The predicted molar refractivity (Wildman–Crippen MR) is 92.4 cm³/mol. The maximum atomic E-state index is 11.2. The zero-order valence-corrected chi connectivity index (χ0v) is 12.7. The summed E-state index contributed by atoms with van der Waals surface area (Å²) in [7, 11) is 0. The molecule has 0 heterocycles. The van der Waals surface area contributed by atoms with E-state index >= 15 is 0 Å². The lowest BCUT2D eigenvalue weighted by Crippen LogP contribution is -2.07. The summed E-state index contributed by atoms with van der Waals surface area (Å²) in [5, 5.41) is 9.24. The van der Waals surface area contributed by atoms with Gasteiger partial charge in [-0.1, -0.05) is 84.9 Å². The molecule has 0 saturated carbocycles. The Labute approximate surface area is 136 Å². The highest BCUT2D eigenvalue weighted by atomic mass is 16.4. The second-order valence-electron chi connectivity index (χ2n) is 5.55. The third kappa shape index (κ3) is 3.67. The van der Waals surface area contributed by atoms with E-state index in [9.17, 15) is 9.90 Å². The summed E-state index contributed by atoms with van der Waals surface area (Å²) in [6.07, 6.45) is 0.0920. The minimum Gasteiger partial charge on any atom is -0.481 e. The van der Waals surface area contributed by atoms with Crippen LogP contribution in [0.25, 0.3) is 11.1 Å². The molecule has 0 spiro atoms. The van der Waals surface area contributed by atoms with Crippen LogP contribution >= 0.6 is 0 Å². The van der Waals surface area contributed by atoms with Crippen molar-refractivity contribution < 1.29 is 9.90 Å². The molecule has 0 aliphatic carbocycles. The lowest BCUT2D eigenvalue weighted by Gasteiger charge is -2.16. The zero-order valence-electron chi connectivity index (χ0n) is 12.7. The van der Waals surface area contributed by atoms with Crippen LogP contribution in [0.1, 0.15) is 23.5 Å². The molecule has 1 atom stereocenters. The first-order chi connectivity index (χ1) is 11.2. The van der Waals surface area contributed by atoms with Gasteiger partial charge in [-0.25, -0.2) is 0 Å².